The van der Waals surface area contributed by atoms with Crippen molar-refractivity contribution in [3.63, 3.8) is 0 Å². The molecule has 1 aliphatic rings. The van der Waals surface area contributed by atoms with Gasteiger partial charge in [-0.05, 0) is 19.3 Å². The molecule has 3 N–H and O–H groups in total. The third-order valence-electron chi connectivity index (χ3n) is 1.52. The highest BCUT2D eigenvalue weighted by Crippen LogP contribution is 2.09. The van der Waals surface area contributed by atoms with E-state index in [0.717, 1.165) is 25.8 Å². The molecule has 0 saturated carbocycles. The highest BCUT2D eigenvalue weighted by molar-refractivity contribution is 4.63. The van der Waals surface area contributed by atoms with Gasteiger partial charge in [0.05, 0.1) is 6.17 Å². The standard InChI is InChI=1S/C5H12N2O/c6-5-3-1-2-4-7(5)8/h5,8H,1-4,6H2. The van der Waals surface area contributed by atoms with Gasteiger partial charge in [-0.2, -0.15) is 5.06 Å². The first kappa shape index (κ1) is 6.01. The largest absolute Gasteiger partial charge is 0.314 e. The van der Waals surface area contributed by atoms with Gasteiger partial charge in [0.1, 0.15) is 0 Å². The molecular formula is C5H12N2O. The summed E-state index contributed by atoms with van der Waals surface area (Å²) in [5.74, 6) is 0. The molecule has 1 fully saturated rings. The van der Waals surface area contributed by atoms with Gasteiger partial charge in [0.25, 0.3) is 0 Å². The van der Waals surface area contributed by atoms with E-state index in [1.54, 1.807) is 0 Å². The molecule has 3 nitrogen and oxygen atoms in total. The van der Waals surface area contributed by atoms with Crippen LogP contribution >= 0.6 is 0 Å². The molecule has 0 aromatic rings. The van der Waals surface area contributed by atoms with Crippen LogP contribution < -0.4 is 5.73 Å². The van der Waals surface area contributed by atoms with E-state index in [9.17, 15) is 0 Å². The molecule has 1 heterocycles. The fourth-order valence-electron chi connectivity index (χ4n) is 0.942. The maximum absolute atomic E-state index is 8.89. The summed E-state index contributed by atoms with van der Waals surface area (Å²) in [6.45, 7) is 0.737. The maximum atomic E-state index is 8.89. The summed E-state index contributed by atoms with van der Waals surface area (Å²) in [5, 5.41) is 10.1. The van der Waals surface area contributed by atoms with Crippen molar-refractivity contribution in [3.8, 4) is 0 Å². The van der Waals surface area contributed by atoms with Crippen LogP contribution in [0.3, 0.4) is 0 Å². The lowest BCUT2D eigenvalue weighted by Gasteiger charge is -2.26. The Bertz CT molecular complexity index is 66.8. The van der Waals surface area contributed by atoms with Gasteiger partial charge in [0, 0.05) is 6.54 Å². The van der Waals surface area contributed by atoms with Crippen molar-refractivity contribution in [1.29, 1.82) is 0 Å². The summed E-state index contributed by atoms with van der Waals surface area (Å²) < 4.78 is 0. The predicted octanol–water partition coefficient (Wildman–Crippen LogP) is 0.146. The van der Waals surface area contributed by atoms with Crippen molar-refractivity contribution in [1.82, 2.24) is 5.06 Å². The quantitative estimate of drug-likeness (QED) is 0.473. The number of hydrogen-bond acceptors (Lipinski definition) is 3. The van der Waals surface area contributed by atoms with Crippen LogP contribution in [0.4, 0.5) is 0 Å². The summed E-state index contributed by atoms with van der Waals surface area (Å²) in [6, 6.07) is 0. The molecule has 48 valence electrons. The summed E-state index contributed by atoms with van der Waals surface area (Å²) in [6.07, 6.45) is 3.04. The van der Waals surface area contributed by atoms with Crippen LogP contribution in [0.1, 0.15) is 19.3 Å². The topological polar surface area (TPSA) is 49.5 Å². The Labute approximate surface area is 49.0 Å². The van der Waals surface area contributed by atoms with Crippen LogP contribution in [0.25, 0.3) is 0 Å². The number of rotatable bonds is 0. The number of hydrogen-bond donors (Lipinski definition) is 2. The maximum Gasteiger partial charge on any atom is 0.0815 e. The Balaban J connectivity index is 2.28. The smallest absolute Gasteiger partial charge is 0.0815 e. The lowest BCUT2D eigenvalue weighted by molar-refractivity contribution is -0.139. The first-order valence-electron chi connectivity index (χ1n) is 3.02. The van der Waals surface area contributed by atoms with Gasteiger partial charge in [-0.3, -0.25) is 0 Å². The van der Waals surface area contributed by atoms with E-state index in [4.69, 9.17) is 10.9 Å². The van der Waals surface area contributed by atoms with E-state index >= 15 is 0 Å². The Hall–Kier alpha value is -0.120. The first-order valence-corrected chi connectivity index (χ1v) is 3.02. The fraction of sp³-hybridized carbons (Fsp3) is 1.00. The van der Waals surface area contributed by atoms with Gasteiger partial charge in [0.15, 0.2) is 0 Å². The highest BCUT2D eigenvalue weighted by atomic mass is 16.5. The van der Waals surface area contributed by atoms with Crippen LogP contribution in [-0.4, -0.2) is 23.0 Å². The normalized spacial score (nSPS) is 33.0. The van der Waals surface area contributed by atoms with Crippen LogP contribution in [-0.2, 0) is 0 Å². The van der Waals surface area contributed by atoms with Crippen LogP contribution in [0.5, 0.6) is 0 Å². The molecule has 3 heteroatoms. The van der Waals surface area contributed by atoms with Crippen molar-refractivity contribution in [2.75, 3.05) is 6.54 Å². The molecule has 0 spiro atoms. The molecule has 0 radical (unpaired) electrons. The molecule has 1 saturated heterocycles. The SMILES string of the molecule is NC1CCCCN1O. The molecule has 1 rings (SSSR count). The zero-order chi connectivity index (χ0) is 5.98. The van der Waals surface area contributed by atoms with E-state index < -0.39 is 0 Å². The predicted molar refractivity (Wildman–Crippen MR) is 30.3 cm³/mol. The fourth-order valence-corrected chi connectivity index (χ4v) is 0.942. The number of nitrogens with two attached hydrogens (primary N) is 1. The van der Waals surface area contributed by atoms with Gasteiger partial charge in [-0.1, -0.05) is 0 Å². The minimum Gasteiger partial charge on any atom is -0.314 e. The second-order valence-corrected chi connectivity index (χ2v) is 2.23. The van der Waals surface area contributed by atoms with E-state index in [2.05, 4.69) is 0 Å². The Morgan fingerprint density at radius 1 is 1.50 bits per heavy atom. The summed E-state index contributed by atoms with van der Waals surface area (Å²) in [7, 11) is 0. The third-order valence-corrected chi connectivity index (χ3v) is 1.52. The van der Waals surface area contributed by atoms with Crippen LogP contribution in [0.15, 0.2) is 0 Å². The monoisotopic (exact) mass is 116 g/mol. The second-order valence-electron chi connectivity index (χ2n) is 2.23. The molecule has 8 heavy (non-hydrogen) atoms. The molecule has 1 aliphatic heterocycles. The minimum absolute atomic E-state index is 0.108. The second kappa shape index (κ2) is 2.44. The van der Waals surface area contributed by atoms with Crippen LogP contribution in [0.2, 0.25) is 0 Å². The Kier molecular flexibility index (Phi) is 1.83. The molecule has 0 aliphatic carbocycles. The number of piperidine rings is 1. The van der Waals surface area contributed by atoms with E-state index in [0.29, 0.717) is 0 Å². The zero-order valence-corrected chi connectivity index (χ0v) is 4.88. The molecule has 1 unspecified atom stereocenters. The van der Waals surface area contributed by atoms with E-state index in [-0.39, 0.29) is 6.17 Å². The Morgan fingerprint density at radius 3 is 2.62 bits per heavy atom. The van der Waals surface area contributed by atoms with Crippen molar-refractivity contribution in [2.45, 2.75) is 25.4 Å². The van der Waals surface area contributed by atoms with Crippen LogP contribution in [0, 0.1) is 0 Å². The van der Waals surface area contributed by atoms with Crippen molar-refractivity contribution in [2.24, 2.45) is 5.73 Å². The highest BCUT2D eigenvalue weighted by Gasteiger charge is 2.14. The van der Waals surface area contributed by atoms with Gasteiger partial charge in [0.2, 0.25) is 0 Å². The van der Waals surface area contributed by atoms with Crippen molar-refractivity contribution >= 4 is 0 Å². The molecule has 0 aromatic heterocycles. The van der Waals surface area contributed by atoms with Gasteiger partial charge in [-0.15, -0.1) is 0 Å². The molecule has 1 atom stereocenters. The minimum atomic E-state index is -0.108. The number of hydroxylamine groups is 2. The Morgan fingerprint density at radius 2 is 2.25 bits per heavy atom. The van der Waals surface area contributed by atoms with Gasteiger partial charge in [-0.25, -0.2) is 0 Å². The summed E-state index contributed by atoms with van der Waals surface area (Å²) in [4.78, 5) is 0. The third kappa shape index (κ3) is 1.18. The number of nitrogens with zero attached hydrogens (tertiary/aromatic N) is 1. The molecular weight excluding hydrogens is 104 g/mol. The summed E-state index contributed by atoms with van der Waals surface area (Å²) in [5.41, 5.74) is 5.45. The summed E-state index contributed by atoms with van der Waals surface area (Å²) >= 11 is 0. The molecule has 0 bridgehead atoms. The lowest BCUT2D eigenvalue weighted by atomic mass is 10.1. The van der Waals surface area contributed by atoms with Gasteiger partial charge < -0.3 is 10.9 Å². The lowest BCUT2D eigenvalue weighted by Crippen LogP contribution is -2.42. The zero-order valence-electron chi connectivity index (χ0n) is 4.88. The first-order chi connectivity index (χ1) is 3.80. The molecule has 0 amide bonds. The average molecular weight is 116 g/mol. The van der Waals surface area contributed by atoms with Crippen molar-refractivity contribution in [3.05, 3.63) is 0 Å². The van der Waals surface area contributed by atoms with Crippen molar-refractivity contribution < 1.29 is 5.21 Å². The molecule has 0 aromatic carbocycles. The van der Waals surface area contributed by atoms with E-state index in [1.807, 2.05) is 0 Å². The average Bonchev–Trinajstić information content (AvgIpc) is 1.77. The van der Waals surface area contributed by atoms with Gasteiger partial charge >= 0.3 is 0 Å². The van der Waals surface area contributed by atoms with E-state index in [1.165, 1.54) is 5.06 Å².